The fourth-order valence-electron chi connectivity index (χ4n) is 3.09. The molecular formula is C19H22N2O13. The molecule has 1 fully saturated rings. The van der Waals surface area contributed by atoms with Crippen molar-refractivity contribution in [2.24, 2.45) is 0 Å². The van der Waals surface area contributed by atoms with E-state index in [4.69, 9.17) is 28.1 Å². The van der Waals surface area contributed by atoms with E-state index < -0.39 is 83.6 Å². The molecule has 5 atom stereocenters. The van der Waals surface area contributed by atoms with Crippen LogP contribution in [0.2, 0.25) is 0 Å². The maximum absolute atomic E-state index is 12.7. The molecule has 0 spiro atoms. The zero-order valence-corrected chi connectivity index (χ0v) is 18.5. The normalized spacial score (nSPS) is 23.8. The molecule has 1 aromatic rings. The fourth-order valence-corrected chi connectivity index (χ4v) is 3.09. The molecular weight excluding hydrogens is 464 g/mol. The van der Waals surface area contributed by atoms with Crippen molar-refractivity contribution < 1.29 is 57.0 Å². The molecule has 0 unspecified atom stereocenters. The molecule has 0 bridgehead atoms. The summed E-state index contributed by atoms with van der Waals surface area (Å²) >= 11 is 0. The molecule has 0 saturated carbocycles. The molecule has 15 heteroatoms. The molecule has 34 heavy (non-hydrogen) atoms. The summed E-state index contributed by atoms with van der Waals surface area (Å²) in [5.41, 5.74) is 0. The first-order valence-corrected chi connectivity index (χ1v) is 9.74. The number of amides is 1. The number of nitro groups is 1. The predicted molar refractivity (Wildman–Crippen MR) is 105 cm³/mol. The van der Waals surface area contributed by atoms with Crippen molar-refractivity contribution in [3.63, 3.8) is 0 Å². The quantitative estimate of drug-likeness (QED) is 0.223. The van der Waals surface area contributed by atoms with Gasteiger partial charge in [0.05, 0.1) is 6.07 Å². The van der Waals surface area contributed by atoms with Gasteiger partial charge in [-0.2, -0.15) is 0 Å². The molecule has 0 aromatic carbocycles. The van der Waals surface area contributed by atoms with Crippen molar-refractivity contribution in [1.82, 2.24) is 5.32 Å². The van der Waals surface area contributed by atoms with Gasteiger partial charge < -0.3 is 33.4 Å². The molecule has 0 radical (unpaired) electrons. The van der Waals surface area contributed by atoms with Gasteiger partial charge in [0.1, 0.15) is 23.7 Å². The van der Waals surface area contributed by atoms with Crippen LogP contribution in [0, 0.1) is 10.1 Å². The average Bonchev–Trinajstić information content (AvgIpc) is 3.20. The highest BCUT2D eigenvalue weighted by atomic mass is 16.7. The standard InChI is InChI=1S/C19H22N2O13/c1-8(22)29-7-13-16(30-9(2)23)17(31-10(3)24)15(19(34-13)32-11(4)25)20-18(26)12-5-6-14(33-12)21(27)28/h5-6,13,15-17,19H,7H2,1-4H3,(H,20,26)/t13-,15-,16+,17+,19+/m0/s1. The Labute approximate surface area is 191 Å². The number of carbonyl (C=O) groups excluding carboxylic acids is 5. The number of esters is 4. The molecule has 1 aliphatic heterocycles. The third kappa shape index (κ3) is 6.99. The van der Waals surface area contributed by atoms with E-state index in [2.05, 4.69) is 5.32 Å². The van der Waals surface area contributed by atoms with Crippen LogP contribution in [0.1, 0.15) is 38.2 Å². The van der Waals surface area contributed by atoms with E-state index in [0.29, 0.717) is 0 Å². The van der Waals surface area contributed by atoms with Gasteiger partial charge in [-0.25, -0.2) is 0 Å². The zero-order chi connectivity index (χ0) is 25.6. The highest BCUT2D eigenvalue weighted by Gasteiger charge is 2.52. The minimum Gasteiger partial charge on any atom is -0.463 e. The Morgan fingerprint density at radius 2 is 1.53 bits per heavy atom. The van der Waals surface area contributed by atoms with Gasteiger partial charge in [-0.05, 0) is 6.07 Å². The second kappa shape index (κ2) is 11.2. The first kappa shape index (κ1) is 26.2. The van der Waals surface area contributed by atoms with Crippen LogP contribution in [0.15, 0.2) is 16.5 Å². The number of nitrogens with one attached hydrogen (secondary N) is 1. The summed E-state index contributed by atoms with van der Waals surface area (Å²) in [6.45, 7) is 3.77. The van der Waals surface area contributed by atoms with Crippen LogP contribution in [0.3, 0.4) is 0 Å². The number of ether oxygens (including phenoxy) is 5. The van der Waals surface area contributed by atoms with Gasteiger partial charge in [0, 0.05) is 27.7 Å². The zero-order valence-electron chi connectivity index (χ0n) is 18.5. The minimum absolute atomic E-state index is 0.478. The summed E-state index contributed by atoms with van der Waals surface area (Å²) < 4.78 is 31.0. The van der Waals surface area contributed by atoms with E-state index in [-0.39, 0.29) is 0 Å². The van der Waals surface area contributed by atoms with Gasteiger partial charge >= 0.3 is 29.8 Å². The summed E-state index contributed by atoms with van der Waals surface area (Å²) in [7, 11) is 0. The van der Waals surface area contributed by atoms with Crippen molar-refractivity contribution in [1.29, 1.82) is 0 Å². The Bertz CT molecular complexity index is 971. The van der Waals surface area contributed by atoms with Gasteiger partial charge in [-0.15, -0.1) is 0 Å². The Morgan fingerprint density at radius 3 is 2.03 bits per heavy atom. The fraction of sp³-hybridized carbons (Fsp3) is 0.526. The highest BCUT2D eigenvalue weighted by molar-refractivity contribution is 5.92. The first-order chi connectivity index (χ1) is 15.9. The van der Waals surface area contributed by atoms with E-state index in [1.54, 1.807) is 0 Å². The lowest BCUT2D eigenvalue weighted by atomic mass is 9.96. The third-order valence-electron chi connectivity index (χ3n) is 4.28. The predicted octanol–water partition coefficient (Wildman–Crippen LogP) is 0.000700. The maximum atomic E-state index is 12.7. The van der Waals surface area contributed by atoms with Crippen LogP contribution in [-0.2, 0) is 42.9 Å². The molecule has 1 aliphatic rings. The number of rotatable bonds is 8. The first-order valence-electron chi connectivity index (χ1n) is 9.74. The molecule has 1 saturated heterocycles. The highest BCUT2D eigenvalue weighted by Crippen LogP contribution is 2.28. The molecule has 2 rings (SSSR count). The van der Waals surface area contributed by atoms with Gasteiger partial charge in [0.15, 0.2) is 18.0 Å². The Hall–Kier alpha value is -4.01. The van der Waals surface area contributed by atoms with E-state index in [1.165, 1.54) is 0 Å². The van der Waals surface area contributed by atoms with Crippen LogP contribution < -0.4 is 5.32 Å². The lowest BCUT2D eigenvalue weighted by molar-refractivity contribution is -0.402. The smallest absolute Gasteiger partial charge is 0.433 e. The SMILES string of the molecule is CC(=O)OC[C@@H]1O[C@@H](OC(C)=O)[C@@H](NC(=O)c2ccc([N+](=O)[O-])o2)[C@@H](OC(C)=O)[C@@H]1OC(C)=O. The lowest BCUT2D eigenvalue weighted by Gasteiger charge is -2.44. The number of furan rings is 1. The molecule has 186 valence electrons. The Morgan fingerprint density at radius 1 is 0.941 bits per heavy atom. The van der Waals surface area contributed by atoms with Gasteiger partial charge in [0.25, 0.3) is 5.91 Å². The average molecular weight is 486 g/mol. The van der Waals surface area contributed by atoms with E-state index in [1.807, 2.05) is 0 Å². The molecule has 2 heterocycles. The molecule has 1 aromatic heterocycles. The van der Waals surface area contributed by atoms with Crippen molar-refractivity contribution >= 4 is 35.7 Å². The number of nitrogens with zero attached hydrogens (tertiary/aromatic N) is 1. The molecule has 1 N–H and O–H groups in total. The van der Waals surface area contributed by atoms with E-state index in [0.717, 1.165) is 39.8 Å². The third-order valence-corrected chi connectivity index (χ3v) is 4.28. The summed E-state index contributed by atoms with van der Waals surface area (Å²) in [6.07, 6.45) is -5.78. The number of hydrogen-bond acceptors (Lipinski definition) is 13. The maximum Gasteiger partial charge on any atom is 0.433 e. The monoisotopic (exact) mass is 486 g/mol. The largest absolute Gasteiger partial charge is 0.463 e. The van der Waals surface area contributed by atoms with Crippen molar-refractivity contribution in [3.05, 3.63) is 28.0 Å². The van der Waals surface area contributed by atoms with Crippen LogP contribution in [0.4, 0.5) is 5.88 Å². The van der Waals surface area contributed by atoms with Crippen molar-refractivity contribution in [2.75, 3.05) is 6.61 Å². The summed E-state index contributed by atoms with van der Waals surface area (Å²) in [4.78, 5) is 69.2. The Kier molecular flexibility index (Phi) is 8.66. The second-order valence-corrected chi connectivity index (χ2v) is 7.00. The number of carbonyl (C=O) groups is 5. The summed E-state index contributed by atoms with van der Waals surface area (Å²) in [5.74, 6) is -5.44. The number of hydrogen-bond donors (Lipinski definition) is 1. The topological polar surface area (TPSA) is 200 Å². The van der Waals surface area contributed by atoms with Crippen molar-refractivity contribution in [2.45, 2.75) is 58.3 Å². The van der Waals surface area contributed by atoms with E-state index in [9.17, 15) is 34.1 Å². The molecule has 15 nitrogen and oxygen atoms in total. The minimum atomic E-state index is -1.61. The second-order valence-electron chi connectivity index (χ2n) is 7.00. The van der Waals surface area contributed by atoms with Crippen LogP contribution in [0.25, 0.3) is 0 Å². The molecule has 1 amide bonds. The lowest BCUT2D eigenvalue weighted by Crippen LogP contribution is -2.67. The van der Waals surface area contributed by atoms with Gasteiger partial charge in [-0.1, -0.05) is 0 Å². The molecule has 0 aliphatic carbocycles. The van der Waals surface area contributed by atoms with Gasteiger partial charge in [0.2, 0.25) is 6.29 Å². The summed E-state index contributed by atoms with van der Waals surface area (Å²) in [5, 5.41) is 13.2. The van der Waals surface area contributed by atoms with Crippen LogP contribution in [0.5, 0.6) is 0 Å². The summed E-state index contributed by atoms with van der Waals surface area (Å²) in [6, 6.07) is 0.490. The van der Waals surface area contributed by atoms with E-state index >= 15 is 0 Å². The van der Waals surface area contributed by atoms with Crippen molar-refractivity contribution in [3.8, 4) is 0 Å². The van der Waals surface area contributed by atoms with Crippen LogP contribution in [-0.4, -0.2) is 72.0 Å². The Balaban J connectivity index is 2.44. The van der Waals surface area contributed by atoms with Crippen LogP contribution >= 0.6 is 0 Å². The van der Waals surface area contributed by atoms with Gasteiger partial charge in [-0.3, -0.25) is 34.1 Å².